The first-order chi connectivity index (χ1) is 19.7. The number of β-lactam (4-membered cyclic amide) rings is 1. The Morgan fingerprint density at radius 2 is 1.55 bits per heavy atom. The van der Waals surface area contributed by atoms with Crippen LogP contribution in [0.3, 0.4) is 0 Å². The van der Waals surface area contributed by atoms with Gasteiger partial charge in [-0.3, -0.25) is 9.69 Å². The van der Waals surface area contributed by atoms with Gasteiger partial charge in [-0.05, 0) is 49.3 Å². The van der Waals surface area contributed by atoms with Crippen LogP contribution in [0, 0.1) is 11.8 Å². The monoisotopic (exact) mass is 613 g/mol. The summed E-state index contributed by atoms with van der Waals surface area (Å²) < 4.78 is 43.9. The van der Waals surface area contributed by atoms with E-state index < -0.39 is 46.1 Å². The smallest absolute Gasteiger partial charge is 0.457 e. The molecule has 0 spiro atoms. The van der Waals surface area contributed by atoms with Crippen molar-refractivity contribution >= 4 is 28.0 Å². The molecule has 0 bridgehead atoms. The van der Waals surface area contributed by atoms with Crippen molar-refractivity contribution in [3.63, 3.8) is 0 Å². The number of amides is 1. The number of phosphoric ester groups is 1. The zero-order valence-corrected chi connectivity index (χ0v) is 27.1. The standard InChI is InChI=1S/C31H40NO8PSi/c1-9-20-36-30(34)27-28(21(2)26-25(29(33)32(26)27)22(3)40-42(7,8)31(4,5)6)39-41(35,37-23-16-12-10-13-17-23)38-24-18-14-11-15-19-24/h9-19,21-22,25-26H,1,20H2,2-8H3/t21-,22+,25?,26?/m1/s1. The number of hydrogen-bond acceptors (Lipinski definition) is 8. The predicted molar refractivity (Wildman–Crippen MR) is 162 cm³/mol. The molecule has 0 aromatic heterocycles. The second-order valence-corrected chi connectivity index (χ2v) is 18.2. The zero-order chi connectivity index (χ0) is 30.9. The van der Waals surface area contributed by atoms with E-state index in [4.69, 9.17) is 22.7 Å². The molecule has 1 fully saturated rings. The SMILES string of the molecule is C=CCOC(=O)C1=C(OP(=O)(Oc2ccccc2)Oc2ccccc2)[C@H](C)C2C([C@H](C)O[Si](C)(C)C(C)(C)C)C(=O)N12. The van der Waals surface area contributed by atoms with Gasteiger partial charge in [0.25, 0.3) is 0 Å². The Bertz CT molecular complexity index is 1340. The predicted octanol–water partition coefficient (Wildman–Crippen LogP) is 7.10. The number of ether oxygens (including phenoxy) is 1. The van der Waals surface area contributed by atoms with Gasteiger partial charge in [0, 0.05) is 5.92 Å². The van der Waals surface area contributed by atoms with Crippen molar-refractivity contribution in [1.82, 2.24) is 4.90 Å². The van der Waals surface area contributed by atoms with Gasteiger partial charge in [-0.25, -0.2) is 4.79 Å². The van der Waals surface area contributed by atoms with E-state index in [0.29, 0.717) is 0 Å². The van der Waals surface area contributed by atoms with Crippen LogP contribution in [-0.2, 0) is 27.8 Å². The Morgan fingerprint density at radius 3 is 2.02 bits per heavy atom. The number of benzene rings is 2. The largest absolute Gasteiger partial charge is 0.646 e. The maximum absolute atomic E-state index is 14.3. The topological polar surface area (TPSA) is 101 Å². The number of fused-ring (bicyclic) bond motifs is 1. The normalized spacial score (nSPS) is 21.3. The minimum absolute atomic E-state index is 0.000339. The number of esters is 1. The van der Waals surface area contributed by atoms with Crippen LogP contribution in [0.4, 0.5) is 0 Å². The first kappa shape index (κ1) is 31.6. The third kappa shape index (κ3) is 6.36. The van der Waals surface area contributed by atoms with Crippen LogP contribution in [0.15, 0.2) is 84.8 Å². The highest BCUT2D eigenvalue weighted by atomic mass is 31.2. The summed E-state index contributed by atoms with van der Waals surface area (Å²) in [7, 11) is -6.65. The Hall–Kier alpha value is -3.33. The van der Waals surface area contributed by atoms with Crippen molar-refractivity contribution in [2.45, 2.75) is 64.9 Å². The summed E-state index contributed by atoms with van der Waals surface area (Å²) in [4.78, 5) is 28.4. The number of carbonyl (C=O) groups is 2. The Morgan fingerprint density at radius 1 is 1.02 bits per heavy atom. The Labute approximate surface area is 249 Å². The average molecular weight is 614 g/mol. The number of nitrogens with zero attached hydrogens (tertiary/aromatic N) is 1. The quantitative estimate of drug-likeness (QED) is 0.0822. The fraction of sp³-hybridized carbons (Fsp3) is 0.419. The van der Waals surface area contributed by atoms with E-state index in [1.165, 1.54) is 11.0 Å². The minimum atomic E-state index is -4.44. The lowest BCUT2D eigenvalue weighted by atomic mass is 9.79. The van der Waals surface area contributed by atoms with Gasteiger partial charge in [-0.1, -0.05) is 76.7 Å². The molecular formula is C31H40NO8PSi. The van der Waals surface area contributed by atoms with Crippen LogP contribution in [0.1, 0.15) is 34.6 Å². The fourth-order valence-corrected chi connectivity index (χ4v) is 7.73. The van der Waals surface area contributed by atoms with Crippen LogP contribution in [0.5, 0.6) is 11.5 Å². The third-order valence-corrected chi connectivity index (χ3v) is 13.9. The summed E-state index contributed by atoms with van der Waals surface area (Å²) >= 11 is 0. The lowest BCUT2D eigenvalue weighted by Gasteiger charge is -2.49. The van der Waals surface area contributed by atoms with Crippen LogP contribution >= 0.6 is 7.82 Å². The molecule has 2 aliphatic rings. The van der Waals surface area contributed by atoms with E-state index in [1.54, 1.807) is 60.7 Å². The van der Waals surface area contributed by atoms with Gasteiger partial charge < -0.3 is 22.7 Å². The summed E-state index contributed by atoms with van der Waals surface area (Å²) in [6.07, 6.45) is 1.01. The Balaban J connectivity index is 1.71. The van der Waals surface area contributed by atoms with Crippen molar-refractivity contribution in [1.29, 1.82) is 0 Å². The van der Waals surface area contributed by atoms with E-state index in [0.717, 1.165) is 0 Å². The molecule has 0 radical (unpaired) electrons. The molecule has 4 rings (SSSR count). The van der Waals surface area contributed by atoms with Gasteiger partial charge in [0.05, 0.1) is 18.1 Å². The molecule has 0 N–H and O–H groups in total. The molecule has 0 aliphatic carbocycles. The molecule has 4 atom stereocenters. The second kappa shape index (κ2) is 12.1. The molecule has 0 saturated carbocycles. The summed E-state index contributed by atoms with van der Waals surface area (Å²) in [6, 6.07) is 16.4. The van der Waals surface area contributed by atoms with Crippen LogP contribution in [0.25, 0.3) is 0 Å². The summed E-state index contributed by atoms with van der Waals surface area (Å²) in [5.41, 5.74) is -0.122. The second-order valence-electron chi connectivity index (χ2n) is 12.0. The summed E-state index contributed by atoms with van der Waals surface area (Å²) in [5, 5.41) is -0.0581. The summed E-state index contributed by atoms with van der Waals surface area (Å²) in [6.45, 7) is 17.9. The molecule has 2 aromatic rings. The van der Waals surface area contributed by atoms with Gasteiger partial charge in [0.15, 0.2) is 14.0 Å². The molecule has 2 aromatic carbocycles. The highest BCUT2D eigenvalue weighted by Crippen LogP contribution is 2.57. The van der Waals surface area contributed by atoms with Crippen LogP contribution in [-0.4, -0.2) is 43.8 Å². The molecule has 1 saturated heterocycles. The number of para-hydroxylation sites is 2. The molecule has 1 amide bonds. The lowest BCUT2D eigenvalue weighted by molar-refractivity contribution is -0.163. The van der Waals surface area contributed by atoms with Crippen molar-refractivity contribution < 1.29 is 36.9 Å². The third-order valence-electron chi connectivity index (χ3n) is 8.04. The summed E-state index contributed by atoms with van der Waals surface area (Å²) in [5.74, 6) is -1.68. The maximum Gasteiger partial charge on any atom is 0.646 e. The van der Waals surface area contributed by atoms with Crippen molar-refractivity contribution in [3.8, 4) is 11.5 Å². The molecule has 42 heavy (non-hydrogen) atoms. The van der Waals surface area contributed by atoms with Gasteiger partial charge >= 0.3 is 13.8 Å². The van der Waals surface area contributed by atoms with E-state index in [1.807, 2.05) is 13.8 Å². The van der Waals surface area contributed by atoms with Crippen molar-refractivity contribution in [2.24, 2.45) is 11.8 Å². The van der Waals surface area contributed by atoms with Crippen LogP contribution in [0.2, 0.25) is 18.1 Å². The van der Waals surface area contributed by atoms with Gasteiger partial charge in [0.2, 0.25) is 5.91 Å². The molecular weight excluding hydrogens is 573 g/mol. The zero-order valence-electron chi connectivity index (χ0n) is 25.2. The minimum Gasteiger partial charge on any atom is -0.457 e. The van der Waals surface area contributed by atoms with E-state index in [-0.39, 0.29) is 40.5 Å². The lowest BCUT2D eigenvalue weighted by Crippen LogP contribution is -2.65. The molecule has 226 valence electrons. The van der Waals surface area contributed by atoms with E-state index >= 15 is 0 Å². The molecule has 9 nitrogen and oxygen atoms in total. The molecule has 2 heterocycles. The van der Waals surface area contributed by atoms with Crippen molar-refractivity contribution in [3.05, 3.63) is 84.8 Å². The highest BCUT2D eigenvalue weighted by Gasteiger charge is 2.63. The number of phosphoric acid groups is 1. The molecule has 2 aliphatic heterocycles. The fourth-order valence-electron chi connectivity index (χ4n) is 4.93. The average Bonchev–Trinajstić information content (AvgIpc) is 3.14. The molecule has 11 heteroatoms. The number of hydrogen-bond donors (Lipinski definition) is 0. The van der Waals surface area contributed by atoms with E-state index in [9.17, 15) is 14.2 Å². The first-order valence-corrected chi connectivity index (χ1v) is 18.4. The van der Waals surface area contributed by atoms with Gasteiger partial charge in [0.1, 0.15) is 23.9 Å². The van der Waals surface area contributed by atoms with Gasteiger partial charge in [-0.15, -0.1) is 0 Å². The van der Waals surface area contributed by atoms with Crippen LogP contribution < -0.4 is 9.05 Å². The van der Waals surface area contributed by atoms with Crippen molar-refractivity contribution in [2.75, 3.05) is 6.61 Å². The Kier molecular flexibility index (Phi) is 9.11. The number of carbonyl (C=O) groups excluding carboxylic acids is 2. The first-order valence-electron chi connectivity index (χ1n) is 14.0. The molecule has 2 unspecified atom stereocenters. The highest BCUT2D eigenvalue weighted by molar-refractivity contribution is 7.49. The number of rotatable bonds is 12. The van der Waals surface area contributed by atoms with Gasteiger partial charge in [-0.2, -0.15) is 4.57 Å². The maximum atomic E-state index is 14.3. The van der Waals surface area contributed by atoms with E-state index in [2.05, 4.69) is 40.4 Å².